The number of rotatable bonds is 11. The number of carbonyl (C=O) groups excluding carboxylic acids is 1. The highest BCUT2D eigenvalue weighted by Gasteiger charge is 2.32. The van der Waals surface area contributed by atoms with Gasteiger partial charge in [-0.05, 0) is 143 Å². The maximum absolute atomic E-state index is 13.5. The van der Waals surface area contributed by atoms with Crippen LogP contribution >= 0.6 is 45.3 Å². The summed E-state index contributed by atoms with van der Waals surface area (Å²) in [5.41, 5.74) is 9.68. The minimum atomic E-state index is -0.174. The summed E-state index contributed by atoms with van der Waals surface area (Å²) >= 11 is 6.88. The van der Waals surface area contributed by atoms with Gasteiger partial charge in [0.05, 0.1) is 12.6 Å². The summed E-state index contributed by atoms with van der Waals surface area (Å²) in [6, 6.07) is 52.4. The molecule has 0 atom stereocenters. The van der Waals surface area contributed by atoms with Crippen molar-refractivity contribution < 1.29 is 4.79 Å². The Labute approximate surface area is 388 Å². The number of allylic oxidation sites excluding steroid dienone is 8. The van der Waals surface area contributed by atoms with Gasteiger partial charge < -0.3 is 4.90 Å². The lowest BCUT2D eigenvalue weighted by atomic mass is 10.0. The van der Waals surface area contributed by atoms with E-state index < -0.39 is 0 Å². The lowest BCUT2D eigenvalue weighted by molar-refractivity contribution is 0.104. The largest absolute Gasteiger partial charge is 0.311 e. The Morgan fingerprint density at radius 2 is 1.14 bits per heavy atom. The van der Waals surface area contributed by atoms with E-state index in [9.17, 15) is 10.1 Å². The van der Waals surface area contributed by atoms with Crippen LogP contribution in [0.3, 0.4) is 0 Å². The summed E-state index contributed by atoms with van der Waals surface area (Å²) in [4.78, 5) is 27.3. The molecule has 4 heterocycles. The lowest BCUT2D eigenvalue weighted by Crippen LogP contribution is -2.09. The first-order valence-electron chi connectivity index (χ1n) is 20.6. The summed E-state index contributed by atoms with van der Waals surface area (Å²) in [5.74, 6) is -0.174. The minimum absolute atomic E-state index is 0.0801. The van der Waals surface area contributed by atoms with Gasteiger partial charge in [0.15, 0.2) is 5.78 Å². The zero-order valence-electron chi connectivity index (χ0n) is 34.1. The first-order valence-corrected chi connectivity index (χ1v) is 23.9. The van der Waals surface area contributed by atoms with Crippen LogP contribution < -0.4 is 4.90 Å². The standard InChI is InChI=1S/C56H35N3OS4/c1-58-51(36-57)55-48-10-4-5-11-49(48)56(60)50(55)35-47-30-33-54(64-47)40-17-23-43(24-18-40)59(41-19-13-38(14-20-41)52-31-28-45(62-52)25-12-37-7-2-3-8-37)42-21-15-39(16-22-42)53-32-29-46(63-53)27-26-44-9-6-34-61-44/h2-7,9-35H,8H2/b25-12+,27-26+,50-35-,55-51-. The zero-order chi connectivity index (χ0) is 43.4. The highest BCUT2D eigenvalue weighted by molar-refractivity contribution is 7.17. The van der Waals surface area contributed by atoms with Crippen molar-refractivity contribution in [2.45, 2.75) is 6.42 Å². The number of hydrogen-bond acceptors (Lipinski definition) is 7. The number of nitrogens with zero attached hydrogens (tertiary/aromatic N) is 3. The summed E-state index contributed by atoms with van der Waals surface area (Å²) < 4.78 is 0. The maximum atomic E-state index is 13.5. The van der Waals surface area contributed by atoms with Crippen molar-refractivity contribution in [3.05, 3.63) is 234 Å². The van der Waals surface area contributed by atoms with E-state index in [1.807, 2.05) is 24.3 Å². The number of anilines is 3. The van der Waals surface area contributed by atoms with Crippen molar-refractivity contribution in [2.75, 3.05) is 4.90 Å². The van der Waals surface area contributed by atoms with Crippen LogP contribution in [-0.4, -0.2) is 5.78 Å². The highest BCUT2D eigenvalue weighted by Crippen LogP contribution is 2.43. The molecule has 0 amide bonds. The van der Waals surface area contributed by atoms with E-state index in [1.54, 1.807) is 63.5 Å². The van der Waals surface area contributed by atoms with Gasteiger partial charge >= 0.3 is 0 Å². The molecule has 0 saturated heterocycles. The third-order valence-electron chi connectivity index (χ3n) is 11.0. The Morgan fingerprint density at radius 1 is 0.609 bits per heavy atom. The van der Waals surface area contributed by atoms with E-state index in [0.717, 1.165) is 38.8 Å². The number of thiophene rings is 4. The number of hydrogen-bond donors (Lipinski definition) is 0. The molecular weight excluding hydrogens is 859 g/mol. The van der Waals surface area contributed by atoms with Crippen LogP contribution in [0.15, 0.2) is 192 Å². The van der Waals surface area contributed by atoms with Crippen LogP contribution in [0.2, 0.25) is 0 Å². The molecule has 0 aliphatic heterocycles. The molecule has 0 fully saturated rings. The molecule has 0 N–H and O–H groups in total. The molecular formula is C56H35N3OS4. The van der Waals surface area contributed by atoms with Crippen molar-refractivity contribution >= 4 is 98.1 Å². The SMILES string of the molecule is [C-]#[N+]/C(C#N)=C1\C(=C\c2ccc(-c3ccc(N(c4ccc(-c5ccc(/C=C/C6=CC=CC6)s5)cc4)c4ccc(-c5ccc(/C=C/c6cccs6)s5)cc4)cc3)s2)C(=O)c2ccccc21. The molecule has 8 aromatic rings. The maximum Gasteiger partial charge on any atom is 0.270 e. The predicted octanol–water partition coefficient (Wildman–Crippen LogP) is 16.9. The van der Waals surface area contributed by atoms with Gasteiger partial charge in [-0.25, -0.2) is 10.1 Å². The third-order valence-corrected chi connectivity index (χ3v) is 15.1. The number of nitriles is 1. The molecule has 0 saturated carbocycles. The van der Waals surface area contributed by atoms with Gasteiger partial charge in [-0.2, -0.15) is 0 Å². The topological polar surface area (TPSA) is 48.5 Å². The summed E-state index contributed by atoms with van der Waals surface area (Å²) in [6.07, 6.45) is 18.0. The Morgan fingerprint density at radius 3 is 1.66 bits per heavy atom. The number of fused-ring (bicyclic) bond motifs is 1. The molecule has 304 valence electrons. The van der Waals surface area contributed by atoms with E-state index in [0.29, 0.717) is 22.3 Å². The van der Waals surface area contributed by atoms with Gasteiger partial charge in [0.2, 0.25) is 0 Å². The molecule has 0 bridgehead atoms. The minimum Gasteiger partial charge on any atom is -0.311 e. The molecule has 10 rings (SSSR count). The van der Waals surface area contributed by atoms with Crippen molar-refractivity contribution in [2.24, 2.45) is 0 Å². The molecule has 0 unspecified atom stereocenters. The number of benzene rings is 4. The third kappa shape index (κ3) is 8.40. The Bertz CT molecular complexity index is 3300. The molecule has 4 nitrogen and oxygen atoms in total. The van der Waals surface area contributed by atoms with E-state index >= 15 is 0 Å². The number of ketones is 1. The molecule has 2 aliphatic rings. The average Bonchev–Trinajstić information content (AvgIpc) is 4.21. The second-order valence-corrected chi connectivity index (χ2v) is 19.3. The van der Waals surface area contributed by atoms with Crippen LogP contribution in [0.4, 0.5) is 17.1 Å². The molecule has 2 aliphatic carbocycles. The van der Waals surface area contributed by atoms with E-state index in [-0.39, 0.29) is 11.5 Å². The van der Waals surface area contributed by atoms with Gasteiger partial charge in [-0.3, -0.25) is 4.79 Å². The predicted molar refractivity (Wildman–Crippen MR) is 273 cm³/mol. The van der Waals surface area contributed by atoms with Crippen LogP contribution in [0, 0.1) is 17.9 Å². The van der Waals surface area contributed by atoms with Crippen LogP contribution in [0.1, 0.15) is 41.9 Å². The van der Waals surface area contributed by atoms with Crippen molar-refractivity contribution in [1.29, 1.82) is 5.26 Å². The molecule has 4 aromatic carbocycles. The fourth-order valence-electron chi connectivity index (χ4n) is 7.85. The smallest absolute Gasteiger partial charge is 0.270 e. The quantitative estimate of drug-likeness (QED) is 0.0738. The number of carbonyl (C=O) groups is 1. The van der Waals surface area contributed by atoms with Gasteiger partial charge in [0.25, 0.3) is 5.70 Å². The van der Waals surface area contributed by atoms with Gasteiger partial charge in [-0.15, -0.1) is 45.3 Å². The molecule has 8 heteroatoms. The van der Waals surface area contributed by atoms with Crippen LogP contribution in [0.5, 0.6) is 0 Å². The fraction of sp³-hybridized carbons (Fsp3) is 0.0179. The Hall–Kier alpha value is -7.43. The average molecular weight is 894 g/mol. The lowest BCUT2D eigenvalue weighted by Gasteiger charge is -2.26. The second-order valence-electron chi connectivity index (χ2n) is 15.0. The van der Waals surface area contributed by atoms with Crippen molar-refractivity contribution in [3.63, 3.8) is 0 Å². The number of Topliss-reactive ketones (excluding diaryl/α,β-unsaturated/α-hetero) is 1. The summed E-state index contributed by atoms with van der Waals surface area (Å²) in [6.45, 7) is 7.63. The fourth-order valence-corrected chi connectivity index (χ4v) is 11.3. The van der Waals surface area contributed by atoms with E-state index in [1.165, 1.54) is 41.1 Å². The summed E-state index contributed by atoms with van der Waals surface area (Å²) in [5, 5.41) is 11.9. The van der Waals surface area contributed by atoms with Gasteiger partial charge in [0.1, 0.15) is 0 Å². The normalized spacial score (nSPS) is 14.6. The molecule has 64 heavy (non-hydrogen) atoms. The molecule has 0 radical (unpaired) electrons. The second kappa shape index (κ2) is 18.1. The zero-order valence-corrected chi connectivity index (χ0v) is 37.4. The Balaban J connectivity index is 0.942. The monoisotopic (exact) mass is 893 g/mol. The molecule has 0 spiro atoms. The first-order chi connectivity index (χ1) is 31.5. The van der Waals surface area contributed by atoms with Gasteiger partial charge in [0, 0.05) is 67.9 Å². The van der Waals surface area contributed by atoms with Gasteiger partial charge in [-0.1, -0.05) is 91.0 Å². The first kappa shape index (κ1) is 40.6. The summed E-state index contributed by atoms with van der Waals surface area (Å²) in [7, 11) is 0. The van der Waals surface area contributed by atoms with Crippen LogP contribution in [0.25, 0.3) is 66.0 Å². The van der Waals surface area contributed by atoms with Crippen molar-refractivity contribution in [1.82, 2.24) is 0 Å². The Kier molecular flexibility index (Phi) is 11.5. The molecule has 4 aromatic heterocycles. The van der Waals surface area contributed by atoms with Crippen molar-refractivity contribution in [3.8, 4) is 37.4 Å². The van der Waals surface area contributed by atoms with E-state index in [4.69, 9.17) is 6.57 Å². The van der Waals surface area contributed by atoms with Crippen LogP contribution in [-0.2, 0) is 0 Å². The highest BCUT2D eigenvalue weighted by atomic mass is 32.1. The van der Waals surface area contributed by atoms with E-state index in [2.05, 4.69) is 173 Å².